The van der Waals surface area contributed by atoms with E-state index >= 15 is 0 Å². The largest absolute Gasteiger partial charge is 0.325 e. The van der Waals surface area contributed by atoms with Gasteiger partial charge in [-0.1, -0.05) is 34.1 Å². The fourth-order valence-electron chi connectivity index (χ4n) is 1.79. The Bertz CT molecular complexity index is 720. The van der Waals surface area contributed by atoms with Crippen LogP contribution in [0.25, 0.3) is 0 Å². The van der Waals surface area contributed by atoms with Crippen LogP contribution in [0.1, 0.15) is 10.4 Å². The molecule has 24 heavy (non-hydrogen) atoms. The minimum absolute atomic E-state index is 0.0322. The third-order valence-electron chi connectivity index (χ3n) is 2.88. The molecular weight excluding hydrogens is 392 g/mol. The van der Waals surface area contributed by atoms with E-state index in [0.29, 0.717) is 11.3 Å². The summed E-state index contributed by atoms with van der Waals surface area (Å²) in [7, 11) is 0. The summed E-state index contributed by atoms with van der Waals surface area (Å²) in [4.78, 5) is 35.3. The number of hydrogen-bond donors (Lipinski definition) is 2. The van der Waals surface area contributed by atoms with Gasteiger partial charge in [0.1, 0.15) is 0 Å². The van der Waals surface area contributed by atoms with E-state index in [1.807, 2.05) is 18.2 Å². The lowest BCUT2D eigenvalue weighted by atomic mass is 10.2. The third-order valence-corrected chi connectivity index (χ3v) is 4.34. The van der Waals surface area contributed by atoms with Crippen molar-refractivity contribution in [2.24, 2.45) is 0 Å². The van der Waals surface area contributed by atoms with Gasteiger partial charge in [0.05, 0.1) is 11.5 Å². The minimum Gasteiger partial charge on any atom is -0.325 e. The molecule has 0 aliphatic carbocycles. The molecule has 0 fully saturated rings. The number of nitrogens with one attached hydrogen (secondary N) is 2. The van der Waals surface area contributed by atoms with Crippen molar-refractivity contribution in [1.29, 1.82) is 0 Å². The normalized spacial score (nSPS) is 10.0. The summed E-state index contributed by atoms with van der Waals surface area (Å²) in [5.41, 5.74) is 1.11. The first-order valence-corrected chi connectivity index (χ1v) is 9.02. The average molecular weight is 407 g/mol. The van der Waals surface area contributed by atoms with Crippen LogP contribution in [-0.2, 0) is 9.59 Å². The first-order chi connectivity index (χ1) is 11.5. The highest BCUT2D eigenvalue weighted by Crippen LogP contribution is 2.10. The average Bonchev–Trinajstić information content (AvgIpc) is 2.56. The summed E-state index contributed by atoms with van der Waals surface area (Å²) in [5.74, 6) is -0.917. The zero-order valence-corrected chi connectivity index (χ0v) is 15.0. The fraction of sp³-hybridized carbons (Fsp3) is 0.118. The Balaban J connectivity index is 1.70. The Morgan fingerprint density at radius 2 is 1.50 bits per heavy atom. The molecule has 2 N–H and O–H groups in total. The van der Waals surface area contributed by atoms with Crippen molar-refractivity contribution in [3.63, 3.8) is 0 Å². The highest BCUT2D eigenvalue weighted by molar-refractivity contribution is 9.10. The van der Waals surface area contributed by atoms with Gasteiger partial charge in [0.15, 0.2) is 0 Å². The summed E-state index contributed by atoms with van der Waals surface area (Å²) >= 11 is 4.42. The maximum absolute atomic E-state index is 11.9. The molecular formula is C17H15BrN2O3S. The van der Waals surface area contributed by atoms with Crippen molar-refractivity contribution in [2.75, 3.05) is 16.8 Å². The number of halogens is 1. The first kappa shape index (κ1) is 18.2. The number of anilines is 1. The van der Waals surface area contributed by atoms with E-state index in [-0.39, 0.29) is 17.4 Å². The van der Waals surface area contributed by atoms with E-state index in [1.54, 1.807) is 36.4 Å². The van der Waals surface area contributed by atoms with Gasteiger partial charge >= 0.3 is 0 Å². The van der Waals surface area contributed by atoms with Crippen molar-refractivity contribution < 1.29 is 14.4 Å². The number of imide groups is 1. The quantitative estimate of drug-likeness (QED) is 0.772. The monoisotopic (exact) mass is 406 g/mol. The Kier molecular flexibility index (Phi) is 7.02. The molecule has 7 heteroatoms. The first-order valence-electron chi connectivity index (χ1n) is 7.07. The number of carbonyl (C=O) groups is 3. The fourth-order valence-corrected chi connectivity index (χ4v) is 2.67. The number of carbonyl (C=O) groups excluding carboxylic acids is 3. The Labute approximate surface area is 152 Å². The molecule has 0 unspecified atom stereocenters. The van der Waals surface area contributed by atoms with Crippen LogP contribution in [-0.4, -0.2) is 29.2 Å². The number of hydrogen-bond acceptors (Lipinski definition) is 4. The van der Waals surface area contributed by atoms with Gasteiger partial charge < -0.3 is 5.32 Å². The van der Waals surface area contributed by atoms with Crippen molar-refractivity contribution in [3.05, 3.63) is 64.6 Å². The molecule has 2 aromatic carbocycles. The second-order valence-electron chi connectivity index (χ2n) is 4.79. The van der Waals surface area contributed by atoms with E-state index in [0.717, 1.165) is 16.2 Å². The van der Waals surface area contributed by atoms with Crippen LogP contribution in [0.2, 0.25) is 0 Å². The summed E-state index contributed by atoms with van der Waals surface area (Å²) in [6.07, 6.45) is 0. The van der Waals surface area contributed by atoms with E-state index < -0.39 is 11.8 Å². The molecule has 0 aliphatic heterocycles. The van der Waals surface area contributed by atoms with Crippen LogP contribution in [0.4, 0.5) is 5.69 Å². The maximum Gasteiger partial charge on any atom is 0.257 e. The molecule has 0 saturated heterocycles. The van der Waals surface area contributed by atoms with Gasteiger partial charge in [0.25, 0.3) is 5.91 Å². The topological polar surface area (TPSA) is 75.3 Å². The van der Waals surface area contributed by atoms with Crippen LogP contribution in [0.3, 0.4) is 0 Å². The number of thioether (sulfide) groups is 1. The van der Waals surface area contributed by atoms with Gasteiger partial charge in [-0.05, 0) is 36.4 Å². The molecule has 124 valence electrons. The zero-order valence-electron chi connectivity index (χ0n) is 12.6. The van der Waals surface area contributed by atoms with Crippen LogP contribution in [0.5, 0.6) is 0 Å². The third kappa shape index (κ3) is 6.17. The molecule has 5 nitrogen and oxygen atoms in total. The SMILES string of the molecule is O=C(CSCC(=O)Nc1ccccc1)NC(=O)c1ccc(Br)cc1. The second kappa shape index (κ2) is 9.24. The zero-order chi connectivity index (χ0) is 17.4. The van der Waals surface area contributed by atoms with Gasteiger partial charge in [0.2, 0.25) is 11.8 Å². The van der Waals surface area contributed by atoms with E-state index in [4.69, 9.17) is 0 Å². The second-order valence-corrected chi connectivity index (χ2v) is 6.69. The highest BCUT2D eigenvalue weighted by Gasteiger charge is 2.11. The molecule has 3 amide bonds. The smallest absolute Gasteiger partial charge is 0.257 e. The lowest BCUT2D eigenvalue weighted by molar-refractivity contribution is -0.117. The Morgan fingerprint density at radius 1 is 0.875 bits per heavy atom. The Hall–Kier alpha value is -2.12. The summed E-state index contributed by atoms with van der Waals surface area (Å²) in [6, 6.07) is 15.8. The predicted octanol–water partition coefficient (Wildman–Crippen LogP) is 3.08. The number of benzene rings is 2. The van der Waals surface area contributed by atoms with Crippen LogP contribution in [0, 0.1) is 0 Å². The number of amides is 3. The van der Waals surface area contributed by atoms with Crippen LogP contribution in [0.15, 0.2) is 59.1 Å². The lowest BCUT2D eigenvalue weighted by Gasteiger charge is -2.06. The van der Waals surface area contributed by atoms with Crippen LogP contribution < -0.4 is 10.6 Å². The maximum atomic E-state index is 11.9. The predicted molar refractivity (Wildman–Crippen MR) is 99.0 cm³/mol. The van der Waals surface area contributed by atoms with Crippen molar-refractivity contribution in [3.8, 4) is 0 Å². The lowest BCUT2D eigenvalue weighted by Crippen LogP contribution is -2.32. The number of rotatable bonds is 6. The summed E-state index contributed by atoms with van der Waals surface area (Å²) in [5, 5.41) is 5.02. The highest BCUT2D eigenvalue weighted by atomic mass is 79.9. The molecule has 0 aliphatic rings. The molecule has 0 radical (unpaired) electrons. The standard InChI is InChI=1S/C17H15BrN2O3S/c18-13-8-6-12(7-9-13)17(23)20-16(22)11-24-10-15(21)19-14-4-2-1-3-5-14/h1-9H,10-11H2,(H,19,21)(H,20,22,23). The molecule has 0 saturated carbocycles. The molecule has 0 aromatic heterocycles. The Morgan fingerprint density at radius 3 is 2.17 bits per heavy atom. The number of para-hydroxylation sites is 1. The van der Waals surface area contributed by atoms with E-state index in [1.165, 1.54) is 0 Å². The molecule has 0 bridgehead atoms. The summed E-state index contributed by atoms with van der Waals surface area (Å²) in [6.45, 7) is 0. The van der Waals surface area contributed by atoms with Crippen molar-refractivity contribution in [2.45, 2.75) is 0 Å². The van der Waals surface area contributed by atoms with E-state index in [9.17, 15) is 14.4 Å². The molecule has 2 aromatic rings. The molecule has 0 spiro atoms. The van der Waals surface area contributed by atoms with Crippen LogP contribution >= 0.6 is 27.7 Å². The molecule has 2 rings (SSSR count). The van der Waals surface area contributed by atoms with Gasteiger partial charge in [-0.25, -0.2) is 0 Å². The van der Waals surface area contributed by atoms with Gasteiger partial charge in [-0.2, -0.15) is 0 Å². The van der Waals surface area contributed by atoms with Crippen molar-refractivity contribution in [1.82, 2.24) is 5.32 Å². The minimum atomic E-state index is -0.457. The van der Waals surface area contributed by atoms with Gasteiger partial charge in [0, 0.05) is 15.7 Å². The van der Waals surface area contributed by atoms with Gasteiger partial charge in [-0.3, -0.25) is 19.7 Å². The molecule has 0 heterocycles. The van der Waals surface area contributed by atoms with Crippen molar-refractivity contribution >= 4 is 51.1 Å². The van der Waals surface area contributed by atoms with Gasteiger partial charge in [-0.15, -0.1) is 11.8 Å². The van der Waals surface area contributed by atoms with E-state index in [2.05, 4.69) is 26.6 Å². The molecule has 0 atom stereocenters. The summed E-state index contributed by atoms with van der Waals surface area (Å²) < 4.78 is 0.852.